The smallest absolute Gasteiger partial charge is 0.00952 e. The first-order valence-electron chi connectivity index (χ1n) is 6.51. The van der Waals surface area contributed by atoms with Crippen molar-refractivity contribution < 1.29 is 0 Å². The molecule has 2 fully saturated rings. The van der Waals surface area contributed by atoms with Crippen LogP contribution in [-0.2, 0) is 0 Å². The molecular weight excluding hydrogens is 170 g/mol. The Labute approximate surface area is 88.7 Å². The summed E-state index contributed by atoms with van der Waals surface area (Å²) in [6.45, 7) is 4.82. The molecule has 1 N–H and O–H groups in total. The molecule has 2 saturated carbocycles. The lowest BCUT2D eigenvalue weighted by atomic mass is 9.86. The minimum atomic E-state index is 0.837. The molecule has 0 amide bonds. The molecular formula is C13H25N. The molecule has 0 aromatic carbocycles. The molecule has 0 bridgehead atoms. The first-order valence-corrected chi connectivity index (χ1v) is 6.51. The molecule has 1 heteroatoms. The molecule has 82 valence electrons. The van der Waals surface area contributed by atoms with Crippen LogP contribution in [-0.4, -0.2) is 12.1 Å². The van der Waals surface area contributed by atoms with Crippen molar-refractivity contribution in [2.24, 2.45) is 11.8 Å². The van der Waals surface area contributed by atoms with E-state index in [-0.39, 0.29) is 0 Å². The molecule has 4 atom stereocenters. The predicted octanol–water partition coefficient (Wildman–Crippen LogP) is 3.34. The highest BCUT2D eigenvalue weighted by atomic mass is 15.0. The molecule has 0 aromatic rings. The van der Waals surface area contributed by atoms with Crippen LogP contribution in [0, 0.1) is 11.8 Å². The fourth-order valence-electron chi connectivity index (χ4n) is 3.28. The van der Waals surface area contributed by atoms with Crippen molar-refractivity contribution >= 4 is 0 Å². The van der Waals surface area contributed by atoms with E-state index in [0.29, 0.717) is 0 Å². The molecule has 0 saturated heterocycles. The summed E-state index contributed by atoms with van der Waals surface area (Å²) in [5.74, 6) is 1.88. The van der Waals surface area contributed by atoms with Gasteiger partial charge in [0.15, 0.2) is 0 Å². The van der Waals surface area contributed by atoms with Crippen molar-refractivity contribution in [1.82, 2.24) is 5.32 Å². The molecule has 14 heavy (non-hydrogen) atoms. The minimum Gasteiger partial charge on any atom is -0.311 e. The van der Waals surface area contributed by atoms with Gasteiger partial charge in [0, 0.05) is 12.1 Å². The third-order valence-electron chi connectivity index (χ3n) is 4.25. The molecule has 0 aromatic heterocycles. The normalized spacial score (nSPS) is 44.1. The van der Waals surface area contributed by atoms with Crippen LogP contribution in [0.1, 0.15) is 58.8 Å². The van der Waals surface area contributed by atoms with Gasteiger partial charge in [0.1, 0.15) is 0 Å². The van der Waals surface area contributed by atoms with Crippen LogP contribution in [0.4, 0.5) is 0 Å². The average molecular weight is 195 g/mol. The van der Waals surface area contributed by atoms with Crippen LogP contribution in [0.3, 0.4) is 0 Å². The summed E-state index contributed by atoms with van der Waals surface area (Å²) in [4.78, 5) is 0. The van der Waals surface area contributed by atoms with Crippen molar-refractivity contribution in [2.75, 3.05) is 0 Å². The van der Waals surface area contributed by atoms with Crippen LogP contribution < -0.4 is 5.32 Å². The Morgan fingerprint density at radius 2 is 1.71 bits per heavy atom. The molecule has 4 unspecified atom stereocenters. The summed E-state index contributed by atoms with van der Waals surface area (Å²) in [5, 5.41) is 3.90. The van der Waals surface area contributed by atoms with Gasteiger partial charge in [0.25, 0.3) is 0 Å². The van der Waals surface area contributed by atoms with Gasteiger partial charge < -0.3 is 5.32 Å². The maximum absolute atomic E-state index is 3.90. The predicted molar refractivity (Wildman–Crippen MR) is 61.4 cm³/mol. The maximum atomic E-state index is 3.90. The third kappa shape index (κ3) is 2.50. The van der Waals surface area contributed by atoms with E-state index < -0.39 is 0 Å². The fraction of sp³-hybridized carbons (Fsp3) is 1.00. The van der Waals surface area contributed by atoms with Gasteiger partial charge in [-0.25, -0.2) is 0 Å². The lowest BCUT2D eigenvalue weighted by Crippen LogP contribution is -2.42. The van der Waals surface area contributed by atoms with E-state index >= 15 is 0 Å². The van der Waals surface area contributed by atoms with E-state index in [0.717, 1.165) is 23.9 Å². The van der Waals surface area contributed by atoms with Crippen LogP contribution in [0.5, 0.6) is 0 Å². The van der Waals surface area contributed by atoms with Crippen molar-refractivity contribution in [1.29, 1.82) is 0 Å². The zero-order valence-corrected chi connectivity index (χ0v) is 9.76. The zero-order valence-electron chi connectivity index (χ0n) is 9.76. The summed E-state index contributed by atoms with van der Waals surface area (Å²) in [5.41, 5.74) is 0. The van der Waals surface area contributed by atoms with Crippen LogP contribution >= 0.6 is 0 Å². The number of rotatable bonds is 2. The number of nitrogens with one attached hydrogen (secondary N) is 1. The lowest BCUT2D eigenvalue weighted by molar-refractivity contribution is 0.264. The fourth-order valence-corrected chi connectivity index (χ4v) is 3.28. The molecule has 0 aliphatic heterocycles. The van der Waals surface area contributed by atoms with E-state index in [2.05, 4.69) is 19.2 Å². The highest BCUT2D eigenvalue weighted by molar-refractivity contribution is 4.85. The number of hydrogen-bond donors (Lipinski definition) is 1. The second-order valence-corrected chi connectivity index (χ2v) is 5.65. The Bertz CT molecular complexity index is 178. The van der Waals surface area contributed by atoms with Gasteiger partial charge in [-0.05, 0) is 37.5 Å². The van der Waals surface area contributed by atoms with Gasteiger partial charge in [0.05, 0.1) is 0 Å². The lowest BCUT2D eigenvalue weighted by Gasteiger charge is -2.31. The average Bonchev–Trinajstić information content (AvgIpc) is 2.52. The van der Waals surface area contributed by atoms with Crippen LogP contribution in [0.25, 0.3) is 0 Å². The van der Waals surface area contributed by atoms with E-state index in [1.165, 1.54) is 44.9 Å². The van der Waals surface area contributed by atoms with E-state index in [9.17, 15) is 0 Å². The molecule has 0 radical (unpaired) electrons. The summed E-state index contributed by atoms with van der Waals surface area (Å²) in [6, 6.07) is 1.68. The van der Waals surface area contributed by atoms with Gasteiger partial charge in [-0.15, -0.1) is 0 Å². The summed E-state index contributed by atoms with van der Waals surface area (Å²) >= 11 is 0. The Kier molecular flexibility index (Phi) is 3.48. The maximum Gasteiger partial charge on any atom is 0.00952 e. The van der Waals surface area contributed by atoms with Crippen molar-refractivity contribution in [3.8, 4) is 0 Å². The minimum absolute atomic E-state index is 0.837. The zero-order chi connectivity index (χ0) is 9.97. The summed E-state index contributed by atoms with van der Waals surface area (Å²) in [7, 11) is 0. The Balaban J connectivity index is 1.78. The first-order chi connectivity index (χ1) is 6.75. The van der Waals surface area contributed by atoms with Gasteiger partial charge in [-0.2, -0.15) is 0 Å². The number of hydrogen-bond acceptors (Lipinski definition) is 1. The SMILES string of the molecule is CC1CCCC(NC2CCCC2C)C1. The third-order valence-corrected chi connectivity index (χ3v) is 4.25. The van der Waals surface area contributed by atoms with E-state index in [1.54, 1.807) is 0 Å². The second kappa shape index (κ2) is 4.65. The van der Waals surface area contributed by atoms with Crippen molar-refractivity contribution in [3.63, 3.8) is 0 Å². The quantitative estimate of drug-likeness (QED) is 0.712. The molecule has 2 aliphatic carbocycles. The standard InChI is InChI=1S/C13H25N/c1-10-5-3-7-12(9-10)14-13-8-4-6-11(13)2/h10-14H,3-9H2,1-2H3. The van der Waals surface area contributed by atoms with Crippen molar-refractivity contribution in [2.45, 2.75) is 70.9 Å². The summed E-state index contributed by atoms with van der Waals surface area (Å²) < 4.78 is 0. The summed E-state index contributed by atoms with van der Waals surface area (Å²) in [6.07, 6.45) is 10.1. The van der Waals surface area contributed by atoms with Crippen LogP contribution in [0.2, 0.25) is 0 Å². The Morgan fingerprint density at radius 1 is 0.929 bits per heavy atom. The topological polar surface area (TPSA) is 12.0 Å². The Hall–Kier alpha value is -0.0400. The molecule has 2 aliphatic rings. The van der Waals surface area contributed by atoms with E-state index in [1.807, 2.05) is 0 Å². The molecule has 2 rings (SSSR count). The van der Waals surface area contributed by atoms with Gasteiger partial charge in [0.2, 0.25) is 0 Å². The van der Waals surface area contributed by atoms with Crippen molar-refractivity contribution in [3.05, 3.63) is 0 Å². The van der Waals surface area contributed by atoms with Gasteiger partial charge >= 0.3 is 0 Å². The van der Waals surface area contributed by atoms with Gasteiger partial charge in [-0.1, -0.05) is 33.1 Å². The van der Waals surface area contributed by atoms with Gasteiger partial charge in [-0.3, -0.25) is 0 Å². The monoisotopic (exact) mass is 195 g/mol. The Morgan fingerprint density at radius 3 is 2.36 bits per heavy atom. The molecule has 0 spiro atoms. The molecule has 1 nitrogen and oxygen atoms in total. The second-order valence-electron chi connectivity index (χ2n) is 5.65. The van der Waals surface area contributed by atoms with Crippen LogP contribution in [0.15, 0.2) is 0 Å². The largest absolute Gasteiger partial charge is 0.311 e. The first kappa shape index (κ1) is 10.5. The molecule has 0 heterocycles. The highest BCUT2D eigenvalue weighted by Crippen LogP contribution is 2.29. The van der Waals surface area contributed by atoms with E-state index in [4.69, 9.17) is 0 Å². The highest BCUT2D eigenvalue weighted by Gasteiger charge is 2.27.